The predicted octanol–water partition coefficient (Wildman–Crippen LogP) is 3.05. The molecule has 2 aromatic heterocycles. The molecule has 1 N–H and O–H groups in total. The first-order valence-electron chi connectivity index (χ1n) is 10.6. The number of fused-ring (bicyclic) bond motifs is 1. The zero-order valence-corrected chi connectivity index (χ0v) is 19.1. The fourth-order valence-electron chi connectivity index (χ4n) is 4.20. The monoisotopic (exact) mass is 455 g/mol. The molecule has 4 rings (SSSR count). The third-order valence-corrected chi connectivity index (χ3v) is 6.27. The Hall–Kier alpha value is -3.13. The highest BCUT2D eigenvalue weighted by Crippen LogP contribution is 2.24. The largest absolute Gasteiger partial charge is 0.465 e. The summed E-state index contributed by atoms with van der Waals surface area (Å²) >= 11 is 5.99. The van der Waals surface area contributed by atoms with Crippen molar-refractivity contribution in [2.24, 2.45) is 5.92 Å². The van der Waals surface area contributed by atoms with Crippen molar-refractivity contribution in [3.63, 3.8) is 0 Å². The van der Waals surface area contributed by atoms with E-state index in [9.17, 15) is 9.59 Å². The van der Waals surface area contributed by atoms with E-state index in [1.54, 1.807) is 6.20 Å². The lowest BCUT2D eigenvalue weighted by Gasteiger charge is -2.24. The molecular formula is C23H26ClN5O3. The molecule has 0 spiro atoms. The van der Waals surface area contributed by atoms with Crippen molar-refractivity contribution >= 4 is 23.5 Å². The van der Waals surface area contributed by atoms with Crippen LogP contribution in [0, 0.1) is 19.8 Å². The van der Waals surface area contributed by atoms with E-state index >= 15 is 0 Å². The molecule has 9 heteroatoms. The average Bonchev–Trinajstić information content (AvgIpc) is 3.33. The van der Waals surface area contributed by atoms with Gasteiger partial charge in [0.15, 0.2) is 0 Å². The molecule has 32 heavy (non-hydrogen) atoms. The molecule has 1 aliphatic rings. The number of carbonyl (C=O) groups is 2. The number of carbonyl (C=O) groups excluding carboxylic acids is 2. The Kier molecular flexibility index (Phi) is 6.32. The third kappa shape index (κ3) is 4.41. The molecule has 168 valence electrons. The van der Waals surface area contributed by atoms with Crippen molar-refractivity contribution in [3.05, 3.63) is 63.7 Å². The van der Waals surface area contributed by atoms with Crippen molar-refractivity contribution in [2.45, 2.75) is 39.7 Å². The molecule has 1 aromatic carbocycles. The zero-order chi connectivity index (χ0) is 22.8. The van der Waals surface area contributed by atoms with Crippen LogP contribution in [0.1, 0.15) is 39.4 Å². The SMILES string of the molecule is COC(=O)c1cnn2c1CC(CNC(=O)Cc1c(C)nn(-c3ccc(Cl)cc3)c1C)CC2. The predicted molar refractivity (Wildman–Crippen MR) is 120 cm³/mol. The van der Waals surface area contributed by atoms with Gasteiger partial charge in [-0.3, -0.25) is 9.48 Å². The number of nitrogens with zero attached hydrogens (tertiary/aromatic N) is 4. The van der Waals surface area contributed by atoms with E-state index < -0.39 is 0 Å². The van der Waals surface area contributed by atoms with Crippen molar-refractivity contribution < 1.29 is 14.3 Å². The quantitative estimate of drug-likeness (QED) is 0.577. The number of aryl methyl sites for hydroxylation is 2. The minimum Gasteiger partial charge on any atom is -0.465 e. The Balaban J connectivity index is 1.38. The summed E-state index contributed by atoms with van der Waals surface area (Å²) in [7, 11) is 1.37. The van der Waals surface area contributed by atoms with Gasteiger partial charge in [0.2, 0.25) is 5.91 Å². The Morgan fingerprint density at radius 2 is 2.00 bits per heavy atom. The van der Waals surface area contributed by atoms with Gasteiger partial charge in [-0.2, -0.15) is 10.2 Å². The van der Waals surface area contributed by atoms with Gasteiger partial charge in [0, 0.05) is 29.4 Å². The number of nitrogens with one attached hydrogen (secondary N) is 1. The minimum absolute atomic E-state index is 0.0425. The Bertz CT molecular complexity index is 1150. The first-order chi connectivity index (χ1) is 15.4. The van der Waals surface area contributed by atoms with Crippen molar-refractivity contribution in [1.29, 1.82) is 0 Å². The third-order valence-electron chi connectivity index (χ3n) is 6.02. The summed E-state index contributed by atoms with van der Waals surface area (Å²) in [5, 5.41) is 12.6. The fourth-order valence-corrected chi connectivity index (χ4v) is 4.33. The Morgan fingerprint density at radius 3 is 2.72 bits per heavy atom. The smallest absolute Gasteiger partial charge is 0.341 e. The number of rotatable bonds is 6. The normalized spacial score (nSPS) is 15.3. The summed E-state index contributed by atoms with van der Waals surface area (Å²) in [4.78, 5) is 24.7. The first-order valence-corrected chi connectivity index (χ1v) is 11.0. The van der Waals surface area contributed by atoms with Gasteiger partial charge in [0.05, 0.1) is 36.8 Å². The van der Waals surface area contributed by atoms with Crippen LogP contribution < -0.4 is 5.32 Å². The highest BCUT2D eigenvalue weighted by molar-refractivity contribution is 6.30. The number of methoxy groups -OCH3 is 1. The molecular weight excluding hydrogens is 430 g/mol. The van der Waals surface area contributed by atoms with Crippen molar-refractivity contribution in [3.8, 4) is 5.69 Å². The van der Waals surface area contributed by atoms with Crippen LogP contribution in [-0.4, -0.2) is 45.1 Å². The lowest BCUT2D eigenvalue weighted by atomic mass is 9.94. The maximum atomic E-state index is 12.7. The molecule has 1 aliphatic heterocycles. The van der Waals surface area contributed by atoms with Crippen LogP contribution in [0.5, 0.6) is 0 Å². The molecule has 0 bridgehead atoms. The van der Waals surface area contributed by atoms with Crippen LogP contribution in [0.4, 0.5) is 0 Å². The average molecular weight is 456 g/mol. The Morgan fingerprint density at radius 1 is 1.25 bits per heavy atom. The summed E-state index contributed by atoms with van der Waals surface area (Å²) in [5.41, 5.74) is 4.97. The van der Waals surface area contributed by atoms with Crippen molar-refractivity contribution in [2.75, 3.05) is 13.7 Å². The highest BCUT2D eigenvalue weighted by Gasteiger charge is 2.26. The second-order valence-corrected chi connectivity index (χ2v) is 8.53. The summed E-state index contributed by atoms with van der Waals surface area (Å²) < 4.78 is 8.53. The number of aromatic nitrogens is 4. The van der Waals surface area contributed by atoms with E-state index in [0.29, 0.717) is 23.6 Å². The number of hydrogen-bond acceptors (Lipinski definition) is 5. The van der Waals surface area contributed by atoms with Gasteiger partial charge in [-0.1, -0.05) is 11.6 Å². The summed E-state index contributed by atoms with van der Waals surface area (Å²) in [6.07, 6.45) is 3.40. The molecule has 3 heterocycles. The van der Waals surface area contributed by atoms with Gasteiger partial charge < -0.3 is 10.1 Å². The van der Waals surface area contributed by atoms with Crippen LogP contribution in [0.2, 0.25) is 5.02 Å². The summed E-state index contributed by atoms with van der Waals surface area (Å²) in [6.45, 7) is 5.15. The van der Waals surface area contributed by atoms with Crippen LogP contribution >= 0.6 is 11.6 Å². The molecule has 1 unspecified atom stereocenters. The summed E-state index contributed by atoms with van der Waals surface area (Å²) in [6, 6.07) is 7.45. The topological polar surface area (TPSA) is 91.0 Å². The molecule has 8 nitrogen and oxygen atoms in total. The second kappa shape index (κ2) is 9.16. The molecule has 0 fully saturated rings. The van der Waals surface area contributed by atoms with E-state index in [1.807, 2.05) is 47.5 Å². The van der Waals surface area contributed by atoms with E-state index in [-0.39, 0.29) is 24.2 Å². The first kappa shape index (κ1) is 22.1. The van der Waals surface area contributed by atoms with Crippen LogP contribution in [0.15, 0.2) is 30.5 Å². The van der Waals surface area contributed by atoms with Crippen LogP contribution in [0.3, 0.4) is 0 Å². The molecule has 0 aliphatic carbocycles. The van der Waals surface area contributed by atoms with Gasteiger partial charge >= 0.3 is 5.97 Å². The van der Waals surface area contributed by atoms with E-state index in [1.165, 1.54) is 7.11 Å². The lowest BCUT2D eigenvalue weighted by molar-refractivity contribution is -0.120. The maximum absolute atomic E-state index is 12.7. The standard InChI is InChI=1S/C23H26ClN5O3/c1-14-19(15(2)29(27-14)18-6-4-17(24)5-7-18)11-22(30)25-12-16-8-9-28-21(10-16)20(13-26-28)23(31)32-3/h4-7,13,16H,8-12H2,1-3H3,(H,25,30). The van der Waals surface area contributed by atoms with Gasteiger partial charge in [0.1, 0.15) is 5.56 Å². The molecule has 1 amide bonds. The number of halogens is 1. The van der Waals surface area contributed by atoms with E-state index in [2.05, 4.69) is 15.5 Å². The fraction of sp³-hybridized carbons (Fsp3) is 0.391. The zero-order valence-electron chi connectivity index (χ0n) is 18.4. The number of hydrogen-bond donors (Lipinski definition) is 1. The Labute approximate surface area is 191 Å². The highest BCUT2D eigenvalue weighted by atomic mass is 35.5. The van der Waals surface area contributed by atoms with Gasteiger partial charge in [-0.15, -0.1) is 0 Å². The number of amides is 1. The van der Waals surface area contributed by atoms with Gasteiger partial charge in [0.25, 0.3) is 0 Å². The summed E-state index contributed by atoms with van der Waals surface area (Å²) in [5.74, 6) is -0.177. The number of benzene rings is 1. The van der Waals surface area contributed by atoms with E-state index in [4.69, 9.17) is 16.3 Å². The molecule has 0 saturated carbocycles. The number of ether oxygens (including phenoxy) is 1. The van der Waals surface area contributed by atoms with Crippen LogP contribution in [0.25, 0.3) is 5.69 Å². The van der Waals surface area contributed by atoms with Gasteiger partial charge in [-0.25, -0.2) is 9.48 Å². The minimum atomic E-state index is -0.375. The second-order valence-electron chi connectivity index (χ2n) is 8.10. The van der Waals surface area contributed by atoms with E-state index in [0.717, 1.165) is 41.3 Å². The molecule has 0 radical (unpaired) electrons. The lowest BCUT2D eigenvalue weighted by Crippen LogP contribution is -2.34. The van der Waals surface area contributed by atoms with Crippen LogP contribution in [-0.2, 0) is 28.9 Å². The molecule has 0 saturated heterocycles. The molecule has 3 aromatic rings. The number of esters is 1. The molecule has 1 atom stereocenters. The van der Waals surface area contributed by atoms with Crippen molar-refractivity contribution in [1.82, 2.24) is 24.9 Å². The maximum Gasteiger partial charge on any atom is 0.341 e. The van der Waals surface area contributed by atoms with Gasteiger partial charge in [-0.05, 0) is 56.9 Å².